The topological polar surface area (TPSA) is 35.5 Å². The molecule has 1 fully saturated rings. The molecule has 0 heterocycles. The van der Waals surface area contributed by atoms with Crippen molar-refractivity contribution in [3.8, 4) is 0 Å². The first kappa shape index (κ1) is 13.9. The van der Waals surface area contributed by atoms with Gasteiger partial charge in [-0.1, -0.05) is 30.3 Å². The van der Waals surface area contributed by atoms with Crippen LogP contribution < -0.4 is 0 Å². The molecule has 0 saturated heterocycles. The molecule has 0 atom stereocenters. The molecule has 0 aliphatic heterocycles. The highest BCUT2D eigenvalue weighted by Gasteiger charge is 2.47. The molecule has 2 rings (SSSR count). The molecule has 19 heavy (non-hydrogen) atoms. The minimum Gasteiger partial charge on any atom is -0.461 e. The number of alkyl halides is 2. The Labute approximate surface area is 110 Å². The van der Waals surface area contributed by atoms with Gasteiger partial charge in [-0.3, -0.25) is 4.79 Å². The van der Waals surface area contributed by atoms with Crippen LogP contribution >= 0.6 is 0 Å². The molecule has 1 aliphatic carbocycles. The molecule has 5 heteroatoms. The van der Waals surface area contributed by atoms with Gasteiger partial charge in [-0.25, -0.2) is 0 Å². The van der Waals surface area contributed by atoms with Crippen LogP contribution in [-0.4, -0.2) is 18.2 Å². The lowest BCUT2D eigenvalue weighted by Crippen LogP contribution is -2.48. The number of esters is 1. The van der Waals surface area contributed by atoms with Crippen LogP contribution in [0.1, 0.15) is 25.3 Å². The maximum absolute atomic E-state index is 12.1. The molecule has 0 amide bonds. The second-order valence-electron chi connectivity index (χ2n) is 5.03. The molecule has 0 aromatic heterocycles. The summed E-state index contributed by atoms with van der Waals surface area (Å²) in [6, 6.07) is 9.32. The molecular formula is C14H16F2O3. The summed E-state index contributed by atoms with van der Waals surface area (Å²) < 4.78 is 33.8. The van der Waals surface area contributed by atoms with Crippen molar-refractivity contribution in [1.82, 2.24) is 0 Å². The van der Waals surface area contributed by atoms with Crippen molar-refractivity contribution in [2.45, 2.75) is 38.6 Å². The summed E-state index contributed by atoms with van der Waals surface area (Å²) in [7, 11) is 0. The number of benzene rings is 1. The highest BCUT2D eigenvalue weighted by Crippen LogP contribution is 2.42. The number of hydrogen-bond acceptors (Lipinski definition) is 3. The molecule has 0 N–H and O–H groups in total. The molecule has 1 aromatic carbocycles. The first-order valence-electron chi connectivity index (χ1n) is 6.15. The molecular weight excluding hydrogens is 254 g/mol. The van der Waals surface area contributed by atoms with Crippen LogP contribution in [0.4, 0.5) is 8.78 Å². The van der Waals surface area contributed by atoms with E-state index in [0.29, 0.717) is 0 Å². The number of carbonyl (C=O) groups is 1. The molecule has 104 valence electrons. The fraction of sp³-hybridized carbons (Fsp3) is 0.500. The number of halogens is 2. The Morgan fingerprint density at radius 2 is 2.00 bits per heavy atom. The molecule has 0 radical (unpaired) electrons. The first-order chi connectivity index (χ1) is 8.98. The van der Waals surface area contributed by atoms with Gasteiger partial charge < -0.3 is 9.47 Å². The highest BCUT2D eigenvalue weighted by atomic mass is 19.3. The van der Waals surface area contributed by atoms with Crippen molar-refractivity contribution in [1.29, 1.82) is 0 Å². The Morgan fingerprint density at radius 3 is 2.58 bits per heavy atom. The standard InChI is InChI=1S/C14H16F2O3/c1-14(19-13(15)16)7-11(8-14)12(17)18-9-10-5-3-2-4-6-10/h2-6,11,13H,7-9H2,1H3/t11-,14+. The van der Waals surface area contributed by atoms with Gasteiger partial charge in [-0.2, -0.15) is 8.78 Å². The summed E-state index contributed by atoms with van der Waals surface area (Å²) in [6.07, 6.45) is 0.565. The van der Waals surface area contributed by atoms with E-state index in [4.69, 9.17) is 4.74 Å². The quantitative estimate of drug-likeness (QED) is 0.771. The Kier molecular flexibility index (Phi) is 4.14. The zero-order chi connectivity index (χ0) is 13.9. The lowest BCUT2D eigenvalue weighted by atomic mass is 9.72. The Hall–Kier alpha value is -1.49. The van der Waals surface area contributed by atoms with E-state index in [-0.39, 0.29) is 31.3 Å². The average molecular weight is 270 g/mol. The summed E-state index contributed by atoms with van der Waals surface area (Å²) in [4.78, 5) is 11.7. The summed E-state index contributed by atoms with van der Waals surface area (Å²) in [6.45, 7) is -1.01. The molecule has 0 unspecified atom stereocenters. The van der Waals surface area contributed by atoms with Crippen molar-refractivity contribution < 1.29 is 23.0 Å². The van der Waals surface area contributed by atoms with Crippen LogP contribution in [0.3, 0.4) is 0 Å². The van der Waals surface area contributed by atoms with Gasteiger partial charge in [0.05, 0.1) is 11.5 Å². The summed E-state index contributed by atoms with van der Waals surface area (Å²) in [5, 5.41) is 0. The largest absolute Gasteiger partial charge is 0.461 e. The highest BCUT2D eigenvalue weighted by molar-refractivity contribution is 5.74. The van der Waals surface area contributed by atoms with Crippen molar-refractivity contribution in [3.63, 3.8) is 0 Å². The minimum atomic E-state index is -2.80. The third-order valence-corrected chi connectivity index (χ3v) is 3.29. The van der Waals surface area contributed by atoms with Gasteiger partial charge in [0, 0.05) is 0 Å². The van der Waals surface area contributed by atoms with Gasteiger partial charge >= 0.3 is 12.6 Å². The minimum absolute atomic E-state index is 0.211. The van der Waals surface area contributed by atoms with Crippen LogP contribution in [0.25, 0.3) is 0 Å². The van der Waals surface area contributed by atoms with Crippen molar-refractivity contribution >= 4 is 5.97 Å². The zero-order valence-corrected chi connectivity index (χ0v) is 10.6. The van der Waals surface area contributed by atoms with E-state index >= 15 is 0 Å². The Bertz CT molecular complexity index is 428. The molecule has 3 nitrogen and oxygen atoms in total. The zero-order valence-electron chi connectivity index (χ0n) is 10.6. The molecule has 1 saturated carbocycles. The second-order valence-corrected chi connectivity index (χ2v) is 5.03. The van der Waals surface area contributed by atoms with Gasteiger partial charge in [0.25, 0.3) is 0 Å². The van der Waals surface area contributed by atoms with E-state index in [1.165, 1.54) is 0 Å². The molecule has 0 bridgehead atoms. The summed E-state index contributed by atoms with van der Waals surface area (Å²) >= 11 is 0. The lowest BCUT2D eigenvalue weighted by Gasteiger charge is -2.42. The van der Waals surface area contributed by atoms with Gasteiger partial charge in [-0.05, 0) is 25.3 Å². The number of rotatable bonds is 5. The van der Waals surface area contributed by atoms with Crippen molar-refractivity contribution in [3.05, 3.63) is 35.9 Å². The molecule has 0 spiro atoms. The van der Waals surface area contributed by atoms with Crippen molar-refractivity contribution in [2.75, 3.05) is 0 Å². The predicted octanol–water partition coefficient (Wildman–Crippen LogP) is 3.14. The maximum atomic E-state index is 12.1. The Morgan fingerprint density at radius 1 is 1.37 bits per heavy atom. The summed E-state index contributed by atoms with van der Waals surface area (Å²) in [5.74, 6) is -0.688. The smallest absolute Gasteiger partial charge is 0.345 e. The van der Waals surface area contributed by atoms with E-state index in [9.17, 15) is 13.6 Å². The number of hydrogen-bond donors (Lipinski definition) is 0. The maximum Gasteiger partial charge on any atom is 0.345 e. The number of ether oxygens (including phenoxy) is 2. The van der Waals surface area contributed by atoms with Crippen LogP contribution in [0, 0.1) is 5.92 Å². The lowest BCUT2D eigenvalue weighted by molar-refractivity contribution is -0.241. The third-order valence-electron chi connectivity index (χ3n) is 3.29. The van der Waals surface area contributed by atoms with Crippen LogP contribution in [0.15, 0.2) is 30.3 Å². The first-order valence-corrected chi connectivity index (χ1v) is 6.15. The van der Waals surface area contributed by atoms with Crippen LogP contribution in [0.5, 0.6) is 0 Å². The Balaban J connectivity index is 1.75. The third kappa shape index (κ3) is 3.73. The normalized spacial score (nSPS) is 26.0. The molecule has 1 aromatic rings. The van der Waals surface area contributed by atoms with Gasteiger partial charge in [0.15, 0.2) is 0 Å². The van der Waals surface area contributed by atoms with E-state index < -0.39 is 12.2 Å². The fourth-order valence-electron chi connectivity index (χ4n) is 2.31. The average Bonchev–Trinajstić information content (AvgIpc) is 2.33. The van der Waals surface area contributed by atoms with E-state index in [0.717, 1.165) is 5.56 Å². The monoisotopic (exact) mass is 270 g/mol. The van der Waals surface area contributed by atoms with Crippen LogP contribution in [0.2, 0.25) is 0 Å². The molecule has 1 aliphatic rings. The van der Waals surface area contributed by atoms with E-state index in [2.05, 4.69) is 4.74 Å². The van der Waals surface area contributed by atoms with Gasteiger partial charge in [0.1, 0.15) is 6.61 Å². The van der Waals surface area contributed by atoms with Gasteiger partial charge in [0.2, 0.25) is 0 Å². The summed E-state index contributed by atoms with van der Waals surface area (Å²) in [5.41, 5.74) is 0.00620. The fourth-order valence-corrected chi connectivity index (χ4v) is 2.31. The predicted molar refractivity (Wildman–Crippen MR) is 64.5 cm³/mol. The van der Waals surface area contributed by atoms with Crippen molar-refractivity contribution in [2.24, 2.45) is 5.92 Å². The SMILES string of the molecule is C[C@]1(OC(F)F)C[C@@H](C(=O)OCc2ccccc2)C1. The van der Waals surface area contributed by atoms with Gasteiger partial charge in [-0.15, -0.1) is 0 Å². The number of carbonyl (C=O) groups excluding carboxylic acids is 1. The van der Waals surface area contributed by atoms with E-state index in [1.807, 2.05) is 30.3 Å². The van der Waals surface area contributed by atoms with Crippen LogP contribution in [-0.2, 0) is 20.9 Å². The second kappa shape index (κ2) is 5.65. The van der Waals surface area contributed by atoms with E-state index in [1.54, 1.807) is 6.92 Å².